The van der Waals surface area contributed by atoms with E-state index in [1.165, 1.54) is 0 Å². The van der Waals surface area contributed by atoms with Crippen LogP contribution in [-0.4, -0.2) is 63.5 Å². The molecule has 41 heavy (non-hydrogen) atoms. The monoisotopic (exact) mass is 610 g/mol. The fraction of sp³-hybridized carbons (Fsp3) is 0.250. The van der Waals surface area contributed by atoms with Gasteiger partial charge in [0.2, 0.25) is 5.95 Å². The first-order valence-electron chi connectivity index (χ1n) is 13.0. The number of benzene rings is 1. The summed E-state index contributed by atoms with van der Waals surface area (Å²) in [5.74, 6) is 2.14. The average Bonchev–Trinajstić information content (AvgIpc) is 2.97. The molecule has 3 aromatic heterocycles. The molecule has 2 N–H and O–H groups in total. The van der Waals surface area contributed by atoms with Crippen molar-refractivity contribution in [2.45, 2.75) is 12.8 Å². The molecule has 1 fully saturated rings. The van der Waals surface area contributed by atoms with Gasteiger partial charge < -0.3 is 25.2 Å². The molecule has 10 nitrogen and oxygen atoms in total. The highest BCUT2D eigenvalue weighted by atomic mass is 35.5. The third-order valence-corrected chi connectivity index (χ3v) is 7.54. The summed E-state index contributed by atoms with van der Waals surface area (Å²) >= 11 is 18.6. The Morgan fingerprint density at radius 1 is 0.902 bits per heavy atom. The Balaban J connectivity index is 1.15. The zero-order valence-corrected chi connectivity index (χ0v) is 24.0. The van der Waals surface area contributed by atoms with Crippen LogP contribution in [-0.2, 0) is 17.6 Å². The summed E-state index contributed by atoms with van der Waals surface area (Å²) in [5.41, 5.74) is 3.55. The lowest BCUT2D eigenvalue weighted by Gasteiger charge is -2.35. The minimum atomic E-state index is -0.0796. The summed E-state index contributed by atoms with van der Waals surface area (Å²) in [5, 5.41) is 7.71. The highest BCUT2D eigenvalue weighted by Gasteiger charge is 2.23. The number of hydrogen-bond donors (Lipinski definition) is 2. The molecule has 2 aliphatic heterocycles. The van der Waals surface area contributed by atoms with Crippen LogP contribution in [0.2, 0.25) is 15.2 Å². The molecule has 13 heteroatoms. The number of aryl methyl sites for hydroxylation is 2. The van der Waals surface area contributed by atoms with Crippen molar-refractivity contribution >= 4 is 69.7 Å². The third-order valence-electron chi connectivity index (χ3n) is 6.85. The van der Waals surface area contributed by atoms with Crippen molar-refractivity contribution in [3.63, 3.8) is 0 Å². The summed E-state index contributed by atoms with van der Waals surface area (Å²) in [4.78, 5) is 34.4. The maximum Gasteiger partial charge on any atom is 0.260 e. The van der Waals surface area contributed by atoms with Gasteiger partial charge in [0, 0.05) is 43.1 Å². The van der Waals surface area contributed by atoms with Crippen LogP contribution in [0.5, 0.6) is 5.75 Å². The fourth-order valence-corrected chi connectivity index (χ4v) is 5.38. The molecule has 6 bridgehead atoms. The molecule has 1 amide bonds. The van der Waals surface area contributed by atoms with E-state index < -0.39 is 0 Å². The maximum absolute atomic E-state index is 13.1. The molecule has 0 aliphatic carbocycles. The normalized spacial score (nSPS) is 14.6. The predicted octanol–water partition coefficient (Wildman–Crippen LogP) is 5.54. The van der Waals surface area contributed by atoms with E-state index in [9.17, 15) is 4.79 Å². The molecule has 0 radical (unpaired) electrons. The first-order chi connectivity index (χ1) is 19.9. The Bertz CT molecular complexity index is 1580. The van der Waals surface area contributed by atoms with Gasteiger partial charge in [-0.1, -0.05) is 34.8 Å². The average molecular weight is 612 g/mol. The molecule has 5 heterocycles. The Labute approximate surface area is 251 Å². The fourth-order valence-electron chi connectivity index (χ4n) is 4.78. The molecular weight excluding hydrogens is 587 g/mol. The quantitative estimate of drug-likeness (QED) is 0.288. The number of halogens is 3. The summed E-state index contributed by atoms with van der Waals surface area (Å²) in [6.45, 7) is 2.27. The molecule has 0 atom stereocenters. The number of nitrogens with zero attached hydrogens (tertiary/aromatic N) is 6. The van der Waals surface area contributed by atoms with Crippen molar-refractivity contribution in [2.75, 3.05) is 48.3 Å². The Kier molecular flexibility index (Phi) is 7.95. The van der Waals surface area contributed by atoms with Crippen LogP contribution in [0.4, 0.5) is 29.0 Å². The molecule has 1 aromatic carbocycles. The lowest BCUT2D eigenvalue weighted by molar-refractivity contribution is -0.133. The number of piperazine rings is 1. The number of ether oxygens (including phenoxy) is 1. The van der Waals surface area contributed by atoms with Crippen molar-refractivity contribution in [2.24, 2.45) is 0 Å². The van der Waals surface area contributed by atoms with E-state index in [2.05, 4.69) is 35.5 Å². The molecular formula is C28H25Cl3N8O2. The SMILES string of the molecule is O=C(COc1ccc2cc1CCc1cncc(c1)Nc1ncc(Cl)c(n1)N2)N1CCN(c2cc(Cl)cc(Cl)n2)CC1. The van der Waals surface area contributed by atoms with E-state index in [-0.39, 0.29) is 12.5 Å². The molecule has 0 spiro atoms. The zero-order chi connectivity index (χ0) is 28.3. The minimum Gasteiger partial charge on any atom is -0.483 e. The van der Waals surface area contributed by atoms with Crippen LogP contribution in [0.25, 0.3) is 0 Å². The Morgan fingerprint density at radius 2 is 1.76 bits per heavy atom. The second-order valence-corrected chi connectivity index (χ2v) is 10.9. The molecule has 0 saturated carbocycles. The number of carbonyl (C=O) groups is 1. The van der Waals surface area contributed by atoms with Crippen LogP contribution < -0.4 is 20.3 Å². The second kappa shape index (κ2) is 11.9. The van der Waals surface area contributed by atoms with E-state index in [1.807, 2.05) is 30.5 Å². The van der Waals surface area contributed by atoms with E-state index in [1.54, 1.807) is 29.4 Å². The van der Waals surface area contributed by atoms with Crippen molar-refractivity contribution in [1.29, 1.82) is 0 Å². The number of fused-ring (bicyclic) bond motifs is 6. The number of carbonyl (C=O) groups excluding carboxylic acids is 1. The lowest BCUT2D eigenvalue weighted by atomic mass is 10.0. The van der Waals surface area contributed by atoms with Gasteiger partial charge in [0.15, 0.2) is 12.4 Å². The van der Waals surface area contributed by atoms with E-state index in [0.29, 0.717) is 71.1 Å². The first kappa shape index (κ1) is 27.3. The van der Waals surface area contributed by atoms with Gasteiger partial charge in [0.05, 0.1) is 18.1 Å². The van der Waals surface area contributed by atoms with Gasteiger partial charge in [-0.3, -0.25) is 9.78 Å². The smallest absolute Gasteiger partial charge is 0.260 e. The minimum absolute atomic E-state index is 0.0664. The molecule has 4 aromatic rings. The summed E-state index contributed by atoms with van der Waals surface area (Å²) < 4.78 is 6.09. The number of aromatic nitrogens is 4. The molecule has 1 saturated heterocycles. The summed E-state index contributed by atoms with van der Waals surface area (Å²) in [7, 11) is 0. The third kappa shape index (κ3) is 6.56. The Morgan fingerprint density at radius 3 is 2.59 bits per heavy atom. The highest BCUT2D eigenvalue weighted by Crippen LogP contribution is 2.30. The van der Waals surface area contributed by atoms with Crippen molar-refractivity contribution < 1.29 is 9.53 Å². The van der Waals surface area contributed by atoms with E-state index in [4.69, 9.17) is 39.5 Å². The number of rotatable bonds is 4. The zero-order valence-electron chi connectivity index (χ0n) is 21.8. The largest absolute Gasteiger partial charge is 0.483 e. The van der Waals surface area contributed by atoms with Crippen LogP contribution in [0.3, 0.4) is 0 Å². The highest BCUT2D eigenvalue weighted by molar-refractivity contribution is 6.34. The number of hydrogen-bond acceptors (Lipinski definition) is 9. The topological polar surface area (TPSA) is 108 Å². The van der Waals surface area contributed by atoms with Crippen molar-refractivity contribution in [1.82, 2.24) is 24.8 Å². The van der Waals surface area contributed by atoms with Gasteiger partial charge in [-0.05, 0) is 60.4 Å². The van der Waals surface area contributed by atoms with E-state index in [0.717, 1.165) is 28.9 Å². The lowest BCUT2D eigenvalue weighted by Crippen LogP contribution is -2.50. The number of pyridine rings is 2. The molecule has 6 rings (SSSR count). The van der Waals surface area contributed by atoms with Crippen LogP contribution >= 0.6 is 34.8 Å². The summed E-state index contributed by atoms with van der Waals surface area (Å²) in [6.07, 6.45) is 6.49. The van der Waals surface area contributed by atoms with E-state index >= 15 is 0 Å². The second-order valence-electron chi connectivity index (χ2n) is 9.67. The number of anilines is 5. The van der Waals surface area contributed by atoms with Crippen molar-refractivity contribution in [3.8, 4) is 5.75 Å². The summed E-state index contributed by atoms with van der Waals surface area (Å²) in [6, 6.07) is 11.1. The van der Waals surface area contributed by atoms with Gasteiger partial charge in [-0.25, -0.2) is 9.97 Å². The molecule has 0 unspecified atom stereocenters. The number of nitrogens with one attached hydrogen (secondary N) is 2. The molecule has 210 valence electrons. The Hall–Kier alpha value is -3.86. The van der Waals surface area contributed by atoms with Crippen molar-refractivity contribution in [3.05, 3.63) is 81.3 Å². The standard InChI is InChI=1S/C28H25Cl3N8O2/c29-19-11-24(31)36-25(12-19)38-5-7-39(8-6-38)26(40)16-41-23-4-3-20-10-18(23)2-1-17-9-21(14-32-13-17)35-28-33-15-22(30)27(34-20)37-28/h3-4,9-15H,1-2,5-8,16H2,(H2,33,34,35,37). The van der Waals surface area contributed by atoms with Crippen LogP contribution in [0.15, 0.2) is 55.0 Å². The van der Waals surface area contributed by atoms with Gasteiger partial charge in [0.25, 0.3) is 5.91 Å². The van der Waals surface area contributed by atoms with Crippen LogP contribution in [0, 0.1) is 0 Å². The number of amides is 1. The van der Waals surface area contributed by atoms with Gasteiger partial charge in [-0.2, -0.15) is 4.98 Å². The predicted molar refractivity (Wildman–Crippen MR) is 160 cm³/mol. The maximum atomic E-state index is 13.1. The first-order valence-corrected chi connectivity index (χ1v) is 14.1. The molecule has 2 aliphatic rings. The van der Waals surface area contributed by atoms with Gasteiger partial charge >= 0.3 is 0 Å². The van der Waals surface area contributed by atoms with Gasteiger partial charge in [-0.15, -0.1) is 0 Å². The van der Waals surface area contributed by atoms with Gasteiger partial charge in [0.1, 0.15) is 21.7 Å². The van der Waals surface area contributed by atoms with Crippen LogP contribution in [0.1, 0.15) is 11.1 Å².